The van der Waals surface area contributed by atoms with Crippen LogP contribution in [0.5, 0.6) is 0 Å². The Hall–Kier alpha value is -3.13. The maximum atomic E-state index is 13.4. The molecular weight excluding hydrogens is 402 g/mol. The number of nitrogens with one attached hydrogen (secondary N) is 1. The Labute approximate surface area is 175 Å². The lowest BCUT2D eigenvalue weighted by molar-refractivity contribution is -0.129. The van der Waals surface area contributed by atoms with Crippen LogP contribution < -0.4 is 5.32 Å². The molecule has 2 aliphatic rings. The zero-order valence-electron chi connectivity index (χ0n) is 17.0. The number of anilines is 1. The van der Waals surface area contributed by atoms with Gasteiger partial charge in [-0.2, -0.15) is 8.42 Å². The molecule has 2 N–H and O–H groups in total. The number of para-hydroxylation sites is 1. The molecule has 2 heterocycles. The molecule has 2 aromatic rings. The zero-order valence-corrected chi connectivity index (χ0v) is 17.8. The third kappa shape index (κ3) is 3.37. The number of amidine groups is 1. The second-order valence-corrected chi connectivity index (χ2v) is 10.1. The normalized spacial score (nSPS) is 20.6. The number of aliphatic hydroxyl groups excluding tert-OH is 1. The molecule has 0 spiro atoms. The average molecular weight is 426 g/mol. The van der Waals surface area contributed by atoms with E-state index >= 15 is 0 Å². The van der Waals surface area contributed by atoms with E-state index in [2.05, 4.69) is 9.71 Å². The van der Waals surface area contributed by atoms with Crippen LogP contribution in [0.2, 0.25) is 0 Å². The van der Waals surface area contributed by atoms with Crippen molar-refractivity contribution in [3.05, 3.63) is 71.5 Å². The van der Waals surface area contributed by atoms with Crippen LogP contribution in [0.4, 0.5) is 5.69 Å². The molecule has 0 aliphatic carbocycles. The van der Waals surface area contributed by atoms with Crippen LogP contribution in [0, 0.1) is 5.41 Å². The lowest BCUT2D eigenvalue weighted by Gasteiger charge is -2.35. The first-order chi connectivity index (χ1) is 14.1. The molecule has 1 amide bonds. The van der Waals surface area contributed by atoms with Gasteiger partial charge in [0.15, 0.2) is 5.84 Å². The van der Waals surface area contributed by atoms with Crippen molar-refractivity contribution in [1.29, 1.82) is 0 Å². The molecule has 0 unspecified atom stereocenters. The molecule has 30 heavy (non-hydrogen) atoms. The number of amides is 1. The first-order valence-corrected chi connectivity index (χ1v) is 11.0. The number of nitrogens with zero attached hydrogens (tertiary/aromatic N) is 2. The Morgan fingerprint density at radius 3 is 2.37 bits per heavy atom. The number of carbonyl (C=O) groups is 1. The molecule has 0 aromatic heterocycles. The highest BCUT2D eigenvalue weighted by molar-refractivity contribution is 7.90. The number of hydrogen-bond acceptors (Lipinski definition) is 5. The number of rotatable bonds is 3. The van der Waals surface area contributed by atoms with Crippen LogP contribution in [0.25, 0.3) is 0 Å². The maximum Gasteiger partial charge on any atom is 0.286 e. The Bertz CT molecular complexity index is 1180. The molecule has 8 heteroatoms. The van der Waals surface area contributed by atoms with Gasteiger partial charge < -0.3 is 15.3 Å². The van der Waals surface area contributed by atoms with Crippen molar-refractivity contribution in [2.24, 2.45) is 9.81 Å². The van der Waals surface area contributed by atoms with Crippen molar-refractivity contribution in [2.75, 3.05) is 5.32 Å². The van der Waals surface area contributed by atoms with E-state index in [-0.39, 0.29) is 28.6 Å². The Morgan fingerprint density at radius 2 is 1.70 bits per heavy atom. The molecule has 0 bridgehead atoms. The number of carbonyl (C=O) groups excluding carboxylic acids is 1. The molecule has 0 saturated heterocycles. The topological polar surface area (TPSA) is 99.1 Å². The summed E-state index contributed by atoms with van der Waals surface area (Å²) in [6.07, 6.45) is 0. The second kappa shape index (κ2) is 6.98. The SMILES string of the molecule is CC(C)(C)[C@H]1C(O)=C(C2=NS(=O)(=O)c3ccccc3N2)C(=O)N1Cc1ccccc1. The Morgan fingerprint density at radius 1 is 1.07 bits per heavy atom. The highest BCUT2D eigenvalue weighted by Crippen LogP contribution is 2.39. The van der Waals surface area contributed by atoms with Gasteiger partial charge in [0, 0.05) is 6.54 Å². The minimum Gasteiger partial charge on any atom is -0.509 e. The van der Waals surface area contributed by atoms with Crippen molar-refractivity contribution < 1.29 is 18.3 Å². The third-order valence-electron chi connectivity index (χ3n) is 5.18. The second-order valence-electron chi connectivity index (χ2n) is 8.48. The van der Waals surface area contributed by atoms with E-state index in [0.717, 1.165) is 5.56 Å². The highest BCUT2D eigenvalue weighted by Gasteiger charge is 2.48. The van der Waals surface area contributed by atoms with E-state index in [1.807, 2.05) is 51.1 Å². The van der Waals surface area contributed by atoms with Crippen molar-refractivity contribution in [3.63, 3.8) is 0 Å². The largest absolute Gasteiger partial charge is 0.509 e. The average Bonchev–Trinajstić information content (AvgIpc) is 2.92. The van der Waals surface area contributed by atoms with Gasteiger partial charge in [0.1, 0.15) is 16.2 Å². The van der Waals surface area contributed by atoms with E-state index in [1.165, 1.54) is 6.07 Å². The fourth-order valence-electron chi connectivity index (χ4n) is 3.92. The standard InChI is InChI=1S/C22H23N3O4S/c1-22(2,3)19-18(26)17(21(27)25(19)13-14-9-5-4-6-10-14)20-23-15-11-7-8-12-16(15)30(28,29)24-20/h4-12,19,26H,13H2,1-3H3,(H,23,24)/t19-/m1/s1. The molecular formula is C22H23N3O4S. The highest BCUT2D eigenvalue weighted by atomic mass is 32.2. The quantitative estimate of drug-likeness (QED) is 0.785. The Kier molecular flexibility index (Phi) is 4.69. The van der Waals surface area contributed by atoms with Gasteiger partial charge in [0.05, 0.1) is 11.7 Å². The molecule has 1 atom stereocenters. The van der Waals surface area contributed by atoms with Crippen LogP contribution in [0.1, 0.15) is 26.3 Å². The third-order valence-corrected chi connectivity index (χ3v) is 6.52. The minimum absolute atomic E-state index is 0.0350. The predicted molar refractivity (Wildman–Crippen MR) is 115 cm³/mol. The Balaban J connectivity index is 1.79. The number of benzene rings is 2. The lowest BCUT2D eigenvalue weighted by Crippen LogP contribution is -2.43. The van der Waals surface area contributed by atoms with Crippen molar-refractivity contribution in [3.8, 4) is 0 Å². The van der Waals surface area contributed by atoms with E-state index in [9.17, 15) is 18.3 Å². The molecule has 0 fully saturated rings. The van der Waals surface area contributed by atoms with Gasteiger partial charge in [0.2, 0.25) is 0 Å². The van der Waals surface area contributed by atoms with Crippen molar-refractivity contribution >= 4 is 27.5 Å². The summed E-state index contributed by atoms with van der Waals surface area (Å²) in [7, 11) is -4.00. The summed E-state index contributed by atoms with van der Waals surface area (Å²) in [6, 6.07) is 15.2. The number of sulfonamides is 1. The summed E-state index contributed by atoms with van der Waals surface area (Å²) in [5, 5.41) is 14.0. The van der Waals surface area contributed by atoms with Gasteiger partial charge >= 0.3 is 0 Å². The number of aliphatic hydroxyl groups is 1. The van der Waals surface area contributed by atoms with Gasteiger partial charge in [-0.25, -0.2) is 0 Å². The first-order valence-electron chi connectivity index (χ1n) is 9.59. The fourth-order valence-corrected chi connectivity index (χ4v) is 5.04. The van der Waals surface area contributed by atoms with Crippen LogP contribution in [-0.4, -0.2) is 36.2 Å². The van der Waals surface area contributed by atoms with Gasteiger partial charge in [-0.15, -0.1) is 4.40 Å². The summed E-state index contributed by atoms with van der Waals surface area (Å²) < 4.78 is 29.1. The van der Waals surface area contributed by atoms with Crippen LogP contribution >= 0.6 is 0 Å². The maximum absolute atomic E-state index is 13.4. The molecule has 0 saturated carbocycles. The van der Waals surface area contributed by atoms with Gasteiger partial charge in [0.25, 0.3) is 15.9 Å². The molecule has 7 nitrogen and oxygen atoms in total. The van der Waals surface area contributed by atoms with E-state index < -0.39 is 27.4 Å². The van der Waals surface area contributed by atoms with E-state index in [4.69, 9.17) is 0 Å². The number of fused-ring (bicyclic) bond motifs is 1. The van der Waals surface area contributed by atoms with Crippen molar-refractivity contribution in [2.45, 2.75) is 38.3 Å². The van der Waals surface area contributed by atoms with Crippen molar-refractivity contribution in [1.82, 2.24) is 4.90 Å². The smallest absolute Gasteiger partial charge is 0.286 e. The summed E-state index contributed by atoms with van der Waals surface area (Å²) in [5.74, 6) is -0.789. The van der Waals surface area contributed by atoms with E-state index in [1.54, 1.807) is 23.1 Å². The zero-order chi connectivity index (χ0) is 21.7. The summed E-state index contributed by atoms with van der Waals surface area (Å²) >= 11 is 0. The monoisotopic (exact) mass is 425 g/mol. The molecule has 2 aromatic carbocycles. The molecule has 0 radical (unpaired) electrons. The molecule has 156 valence electrons. The number of hydrogen-bond donors (Lipinski definition) is 2. The lowest BCUT2D eigenvalue weighted by atomic mass is 9.85. The molecule has 4 rings (SSSR count). The van der Waals surface area contributed by atoms with Gasteiger partial charge in [-0.05, 0) is 23.1 Å². The molecule has 2 aliphatic heterocycles. The fraction of sp³-hybridized carbons (Fsp3) is 0.273. The summed E-state index contributed by atoms with van der Waals surface area (Å²) in [5.41, 5.74) is 0.640. The van der Waals surface area contributed by atoms with Crippen LogP contribution in [-0.2, 0) is 21.4 Å². The summed E-state index contributed by atoms with van der Waals surface area (Å²) in [6.45, 7) is 6.05. The van der Waals surface area contributed by atoms with Gasteiger partial charge in [-0.1, -0.05) is 63.2 Å². The first kappa shape index (κ1) is 20.2. The summed E-state index contributed by atoms with van der Waals surface area (Å²) in [4.78, 5) is 15.0. The van der Waals surface area contributed by atoms with Crippen LogP contribution in [0.15, 0.2) is 75.2 Å². The minimum atomic E-state index is -4.00. The van der Waals surface area contributed by atoms with Gasteiger partial charge in [-0.3, -0.25) is 4.79 Å². The van der Waals surface area contributed by atoms with Crippen LogP contribution in [0.3, 0.4) is 0 Å². The van der Waals surface area contributed by atoms with E-state index in [0.29, 0.717) is 5.69 Å². The predicted octanol–water partition coefficient (Wildman–Crippen LogP) is 3.47.